The van der Waals surface area contributed by atoms with Crippen LogP contribution in [0.1, 0.15) is 26.3 Å². The van der Waals surface area contributed by atoms with Crippen LogP contribution >= 0.6 is 11.6 Å². The summed E-state index contributed by atoms with van der Waals surface area (Å²) in [5.74, 6) is -1.14. The van der Waals surface area contributed by atoms with E-state index in [4.69, 9.17) is 16.3 Å². The average molecular weight is 297 g/mol. The molecule has 1 aromatic rings. The van der Waals surface area contributed by atoms with Gasteiger partial charge in [-0.2, -0.15) is 10.2 Å². The van der Waals surface area contributed by atoms with Crippen molar-refractivity contribution in [3.05, 3.63) is 28.8 Å². The van der Waals surface area contributed by atoms with Crippen molar-refractivity contribution >= 4 is 29.0 Å². The number of ketones is 1. The van der Waals surface area contributed by atoms with Crippen molar-refractivity contribution in [1.29, 1.82) is 0 Å². The van der Waals surface area contributed by atoms with Gasteiger partial charge < -0.3 is 4.74 Å². The molecule has 5 nitrogen and oxygen atoms in total. The van der Waals surface area contributed by atoms with Crippen molar-refractivity contribution < 1.29 is 14.3 Å². The second kappa shape index (κ2) is 6.61. The van der Waals surface area contributed by atoms with Crippen LogP contribution in [0, 0.1) is 6.92 Å². The number of carbonyl (C=O) groups is 2. The van der Waals surface area contributed by atoms with E-state index >= 15 is 0 Å². The van der Waals surface area contributed by atoms with Crippen LogP contribution in [0.25, 0.3) is 0 Å². The molecule has 0 amide bonds. The Hall–Kier alpha value is -1.75. The first-order valence-corrected chi connectivity index (χ1v) is 6.56. The number of halogens is 1. The number of aryl methyl sites for hydroxylation is 1. The normalized spacial score (nSPS) is 14.1. The summed E-state index contributed by atoms with van der Waals surface area (Å²) < 4.78 is 4.87. The molecular weight excluding hydrogens is 280 g/mol. The number of esters is 1. The van der Waals surface area contributed by atoms with Crippen LogP contribution in [0.2, 0.25) is 5.02 Å². The largest absolute Gasteiger partial charge is 0.464 e. The molecule has 0 aliphatic rings. The van der Waals surface area contributed by atoms with E-state index in [1.54, 1.807) is 25.1 Å². The van der Waals surface area contributed by atoms with Crippen LogP contribution in [-0.4, -0.2) is 23.9 Å². The van der Waals surface area contributed by atoms with Crippen molar-refractivity contribution in [2.24, 2.45) is 10.2 Å². The van der Waals surface area contributed by atoms with Gasteiger partial charge in [-0.15, -0.1) is 0 Å². The number of hydrogen-bond donors (Lipinski definition) is 0. The van der Waals surface area contributed by atoms with Gasteiger partial charge >= 0.3 is 5.97 Å². The highest BCUT2D eigenvalue weighted by molar-refractivity contribution is 6.30. The van der Waals surface area contributed by atoms with Crippen molar-refractivity contribution in [2.75, 3.05) is 6.61 Å². The summed E-state index contributed by atoms with van der Waals surface area (Å²) in [7, 11) is 0. The number of Topliss-reactive ketones (excluding diaryl/α,β-unsaturated/α-hetero) is 1. The second-order valence-electron chi connectivity index (χ2n) is 4.48. The molecule has 1 atom stereocenters. The number of benzene rings is 1. The van der Waals surface area contributed by atoms with Gasteiger partial charge in [0, 0.05) is 5.02 Å². The number of ether oxygens (including phenoxy) is 1. The third kappa shape index (κ3) is 3.63. The van der Waals surface area contributed by atoms with Gasteiger partial charge in [-0.05, 0) is 45.4 Å². The highest BCUT2D eigenvalue weighted by Gasteiger charge is 2.40. The van der Waals surface area contributed by atoms with Crippen LogP contribution < -0.4 is 0 Å². The fraction of sp³-hybridized carbons (Fsp3) is 0.429. The van der Waals surface area contributed by atoms with Gasteiger partial charge in [-0.1, -0.05) is 17.7 Å². The first-order valence-electron chi connectivity index (χ1n) is 6.18. The van der Waals surface area contributed by atoms with Crippen molar-refractivity contribution in [3.63, 3.8) is 0 Å². The minimum atomic E-state index is -1.63. The monoisotopic (exact) mass is 296 g/mol. The predicted molar refractivity (Wildman–Crippen MR) is 76.4 cm³/mol. The molecule has 0 heterocycles. The Labute approximate surface area is 123 Å². The molecule has 0 fully saturated rings. The molecule has 0 N–H and O–H groups in total. The van der Waals surface area contributed by atoms with E-state index in [9.17, 15) is 9.59 Å². The molecule has 0 saturated heterocycles. The topological polar surface area (TPSA) is 68.1 Å². The molecule has 0 spiro atoms. The van der Waals surface area contributed by atoms with Gasteiger partial charge in [0.15, 0.2) is 5.78 Å². The van der Waals surface area contributed by atoms with E-state index in [-0.39, 0.29) is 6.61 Å². The zero-order valence-corrected chi connectivity index (χ0v) is 12.7. The quantitative estimate of drug-likeness (QED) is 0.473. The molecule has 0 saturated carbocycles. The van der Waals surface area contributed by atoms with Crippen molar-refractivity contribution in [2.45, 2.75) is 33.2 Å². The number of hydrogen-bond acceptors (Lipinski definition) is 5. The van der Waals surface area contributed by atoms with Crippen LogP contribution in [-0.2, 0) is 14.3 Å². The van der Waals surface area contributed by atoms with E-state index in [2.05, 4.69) is 10.2 Å². The lowest BCUT2D eigenvalue weighted by atomic mass is 9.99. The van der Waals surface area contributed by atoms with E-state index < -0.39 is 17.3 Å². The maximum Gasteiger partial charge on any atom is 0.343 e. The molecule has 1 aromatic carbocycles. The van der Waals surface area contributed by atoms with E-state index in [0.29, 0.717) is 10.7 Å². The molecule has 0 aromatic heterocycles. The summed E-state index contributed by atoms with van der Waals surface area (Å²) in [6.07, 6.45) is 0. The third-order valence-corrected chi connectivity index (χ3v) is 3.12. The Kier molecular flexibility index (Phi) is 5.39. The summed E-state index contributed by atoms with van der Waals surface area (Å²) >= 11 is 5.88. The summed E-state index contributed by atoms with van der Waals surface area (Å²) in [5, 5.41) is 8.38. The summed E-state index contributed by atoms with van der Waals surface area (Å²) in [4.78, 5) is 23.5. The van der Waals surface area contributed by atoms with E-state index in [0.717, 1.165) is 5.56 Å². The molecule has 0 bridgehead atoms. The first-order chi connectivity index (χ1) is 9.31. The van der Waals surface area contributed by atoms with Gasteiger partial charge in [0.1, 0.15) is 0 Å². The SMILES string of the molecule is CCOC(=O)C(C)(N=Nc1cc(Cl)ccc1C)C(C)=O. The minimum Gasteiger partial charge on any atom is -0.464 e. The highest BCUT2D eigenvalue weighted by atomic mass is 35.5. The van der Waals surface area contributed by atoms with Crippen LogP contribution in [0.4, 0.5) is 5.69 Å². The Morgan fingerprint density at radius 3 is 2.60 bits per heavy atom. The maximum absolute atomic E-state index is 11.9. The lowest BCUT2D eigenvalue weighted by Gasteiger charge is -2.18. The Morgan fingerprint density at radius 2 is 2.05 bits per heavy atom. The van der Waals surface area contributed by atoms with Gasteiger partial charge in [0.25, 0.3) is 0 Å². The minimum absolute atomic E-state index is 0.174. The Morgan fingerprint density at radius 1 is 1.40 bits per heavy atom. The number of rotatable bonds is 5. The van der Waals surface area contributed by atoms with E-state index in [1.165, 1.54) is 13.8 Å². The fourth-order valence-electron chi connectivity index (χ4n) is 1.37. The molecule has 108 valence electrons. The van der Waals surface area contributed by atoms with Crippen molar-refractivity contribution in [3.8, 4) is 0 Å². The molecular formula is C14H17ClN2O3. The van der Waals surface area contributed by atoms with Crippen LogP contribution in [0.3, 0.4) is 0 Å². The lowest BCUT2D eigenvalue weighted by Crippen LogP contribution is -2.41. The predicted octanol–water partition coefficient (Wildman–Crippen LogP) is 3.64. The summed E-state index contributed by atoms with van der Waals surface area (Å²) in [6.45, 7) is 6.34. The number of carbonyl (C=O) groups excluding carboxylic acids is 2. The first kappa shape index (κ1) is 16.3. The Bertz CT molecular complexity index is 557. The number of nitrogens with zero attached hydrogens (tertiary/aromatic N) is 2. The van der Waals surface area contributed by atoms with E-state index in [1.807, 2.05) is 6.92 Å². The summed E-state index contributed by atoms with van der Waals surface area (Å²) in [6, 6.07) is 5.13. The van der Waals surface area contributed by atoms with Gasteiger partial charge in [0.2, 0.25) is 5.54 Å². The second-order valence-corrected chi connectivity index (χ2v) is 4.92. The smallest absolute Gasteiger partial charge is 0.343 e. The average Bonchev–Trinajstić information content (AvgIpc) is 2.39. The van der Waals surface area contributed by atoms with Gasteiger partial charge in [-0.3, -0.25) is 4.79 Å². The van der Waals surface area contributed by atoms with Gasteiger partial charge in [0.05, 0.1) is 12.3 Å². The molecule has 0 aliphatic heterocycles. The highest BCUT2D eigenvalue weighted by Crippen LogP contribution is 2.25. The Balaban J connectivity index is 3.13. The molecule has 1 rings (SSSR count). The van der Waals surface area contributed by atoms with Crippen molar-refractivity contribution in [1.82, 2.24) is 0 Å². The van der Waals surface area contributed by atoms with Crippen LogP contribution in [0.5, 0.6) is 0 Å². The molecule has 20 heavy (non-hydrogen) atoms. The zero-order valence-electron chi connectivity index (χ0n) is 11.9. The molecule has 1 unspecified atom stereocenters. The maximum atomic E-state index is 11.9. The molecule has 6 heteroatoms. The molecule has 0 aliphatic carbocycles. The number of azo groups is 1. The van der Waals surface area contributed by atoms with Gasteiger partial charge in [-0.25, -0.2) is 4.79 Å². The standard InChI is InChI=1S/C14H17ClN2O3/c1-5-20-13(19)14(4,10(3)18)17-16-12-8-11(15)7-6-9(12)2/h6-8H,5H2,1-4H3. The lowest BCUT2D eigenvalue weighted by molar-refractivity contribution is -0.152. The summed E-state index contributed by atoms with van der Waals surface area (Å²) in [5.41, 5.74) is -0.285. The fourth-order valence-corrected chi connectivity index (χ4v) is 1.54. The third-order valence-electron chi connectivity index (χ3n) is 2.89. The van der Waals surface area contributed by atoms with Crippen LogP contribution in [0.15, 0.2) is 28.4 Å². The zero-order chi connectivity index (χ0) is 15.3. The molecule has 0 radical (unpaired) electrons.